The highest BCUT2D eigenvalue weighted by Crippen LogP contribution is 2.30. The topological polar surface area (TPSA) is 50.3 Å². The van der Waals surface area contributed by atoms with Crippen LogP contribution in [0.25, 0.3) is 21.6 Å². The number of rotatable bonds is 6. The summed E-state index contributed by atoms with van der Waals surface area (Å²) in [5.74, 6) is 1.73. The molecule has 0 amide bonds. The van der Waals surface area contributed by atoms with E-state index in [-0.39, 0.29) is 0 Å². The fourth-order valence-electron chi connectivity index (χ4n) is 3.23. The molecule has 5 nitrogen and oxygen atoms in total. The van der Waals surface area contributed by atoms with Crippen LogP contribution in [0.3, 0.4) is 0 Å². The van der Waals surface area contributed by atoms with E-state index in [0.717, 1.165) is 73.2 Å². The van der Waals surface area contributed by atoms with E-state index < -0.39 is 0 Å². The minimum Gasteiger partial charge on any atom is -0.379 e. The number of thiophene rings is 1. The molecule has 1 aliphatic rings. The lowest BCUT2D eigenvalue weighted by atomic mass is 10.2. The second-order valence-corrected chi connectivity index (χ2v) is 7.81. The van der Waals surface area contributed by atoms with Crippen molar-refractivity contribution in [2.75, 3.05) is 44.7 Å². The number of nitrogens with one attached hydrogen (secondary N) is 1. The molecule has 1 aliphatic heterocycles. The number of morpholine rings is 1. The summed E-state index contributed by atoms with van der Waals surface area (Å²) >= 11 is 1.72. The highest BCUT2D eigenvalue weighted by Gasteiger charge is 2.13. The summed E-state index contributed by atoms with van der Waals surface area (Å²) in [7, 11) is 0. The van der Waals surface area contributed by atoms with Crippen molar-refractivity contribution < 1.29 is 4.74 Å². The van der Waals surface area contributed by atoms with Crippen LogP contribution < -0.4 is 5.32 Å². The lowest BCUT2D eigenvalue weighted by Crippen LogP contribution is -2.37. The molecule has 1 aromatic carbocycles. The lowest BCUT2D eigenvalue weighted by Gasteiger charge is -2.26. The minimum absolute atomic E-state index is 0.788. The molecule has 0 spiro atoms. The number of hydrogen-bond donors (Lipinski definition) is 1. The third-order valence-electron chi connectivity index (χ3n) is 4.60. The Morgan fingerprint density at radius 2 is 1.96 bits per heavy atom. The molecule has 1 saturated heterocycles. The quantitative estimate of drug-likeness (QED) is 0.671. The average molecular weight is 369 g/mol. The van der Waals surface area contributed by atoms with E-state index >= 15 is 0 Å². The summed E-state index contributed by atoms with van der Waals surface area (Å²) in [5.41, 5.74) is 1.05. The van der Waals surface area contributed by atoms with E-state index in [1.165, 1.54) is 4.88 Å². The van der Waals surface area contributed by atoms with Crippen molar-refractivity contribution in [2.45, 2.75) is 13.3 Å². The molecule has 3 aromatic rings. The number of anilines is 1. The summed E-state index contributed by atoms with van der Waals surface area (Å²) in [5, 5.41) is 4.67. The Morgan fingerprint density at radius 3 is 2.77 bits per heavy atom. The van der Waals surface area contributed by atoms with E-state index in [2.05, 4.69) is 35.3 Å². The Hall–Kier alpha value is -2.02. The molecule has 0 radical (unpaired) electrons. The van der Waals surface area contributed by atoms with Gasteiger partial charge in [-0.15, -0.1) is 11.3 Å². The first-order valence-corrected chi connectivity index (χ1v) is 9.99. The summed E-state index contributed by atoms with van der Waals surface area (Å²) in [6.45, 7) is 7.92. The van der Waals surface area contributed by atoms with E-state index in [0.29, 0.717) is 0 Å². The molecule has 0 saturated carbocycles. The average Bonchev–Trinajstić information content (AvgIpc) is 3.07. The molecule has 0 atom stereocenters. The molecule has 1 fully saturated rings. The van der Waals surface area contributed by atoms with Crippen molar-refractivity contribution in [3.63, 3.8) is 0 Å². The molecule has 6 heteroatoms. The highest BCUT2D eigenvalue weighted by atomic mass is 32.1. The van der Waals surface area contributed by atoms with Gasteiger partial charge in [-0.05, 0) is 26.0 Å². The van der Waals surface area contributed by atoms with E-state index in [4.69, 9.17) is 14.7 Å². The van der Waals surface area contributed by atoms with Crippen molar-refractivity contribution in [3.8, 4) is 11.4 Å². The zero-order chi connectivity index (χ0) is 17.8. The molecule has 2 aromatic heterocycles. The van der Waals surface area contributed by atoms with Gasteiger partial charge in [-0.25, -0.2) is 9.97 Å². The van der Waals surface area contributed by atoms with Gasteiger partial charge in [0.1, 0.15) is 10.6 Å². The van der Waals surface area contributed by atoms with Gasteiger partial charge < -0.3 is 10.1 Å². The first kappa shape index (κ1) is 17.4. The second kappa shape index (κ2) is 8.12. The van der Waals surface area contributed by atoms with Crippen LogP contribution in [0.1, 0.15) is 11.3 Å². The maximum Gasteiger partial charge on any atom is 0.163 e. The summed E-state index contributed by atoms with van der Waals surface area (Å²) in [6.07, 6.45) is 1.09. The molecule has 26 heavy (non-hydrogen) atoms. The summed E-state index contributed by atoms with van der Waals surface area (Å²) < 4.78 is 5.41. The van der Waals surface area contributed by atoms with Crippen LogP contribution in [0.15, 0.2) is 36.4 Å². The minimum atomic E-state index is 0.788. The normalized spacial score (nSPS) is 15.4. The Bertz CT molecular complexity index is 859. The standard InChI is InChI=1S/C20H24N4OS/c1-15-14-17-19(21-8-5-9-24-10-12-25-13-11-24)22-18(23-20(17)26-15)16-6-3-2-4-7-16/h2-4,6-7,14H,5,8-13H2,1H3,(H,21,22,23). The van der Waals surface area contributed by atoms with Crippen molar-refractivity contribution >= 4 is 27.4 Å². The SMILES string of the molecule is Cc1cc2c(NCCCN3CCOCC3)nc(-c3ccccc3)nc2s1. The third kappa shape index (κ3) is 4.03. The van der Waals surface area contributed by atoms with Gasteiger partial charge in [0.25, 0.3) is 0 Å². The van der Waals surface area contributed by atoms with E-state index in [1.54, 1.807) is 11.3 Å². The van der Waals surface area contributed by atoms with Crippen LogP contribution in [-0.4, -0.2) is 54.3 Å². The number of aromatic nitrogens is 2. The van der Waals surface area contributed by atoms with Gasteiger partial charge in [0, 0.05) is 30.1 Å². The predicted molar refractivity (Wildman–Crippen MR) is 108 cm³/mol. The number of nitrogens with zero attached hydrogens (tertiary/aromatic N) is 3. The summed E-state index contributed by atoms with van der Waals surface area (Å²) in [4.78, 5) is 14.4. The Balaban J connectivity index is 1.49. The van der Waals surface area contributed by atoms with Crippen molar-refractivity contribution in [1.29, 1.82) is 0 Å². The lowest BCUT2D eigenvalue weighted by molar-refractivity contribution is 0.0378. The van der Waals surface area contributed by atoms with E-state index in [9.17, 15) is 0 Å². The van der Waals surface area contributed by atoms with Crippen LogP contribution in [0.5, 0.6) is 0 Å². The first-order valence-electron chi connectivity index (χ1n) is 9.17. The third-order valence-corrected chi connectivity index (χ3v) is 5.54. The Labute approximate surface area is 158 Å². The molecule has 0 bridgehead atoms. The molecular weight excluding hydrogens is 344 g/mol. The van der Waals surface area contributed by atoms with Gasteiger partial charge in [0.05, 0.1) is 18.6 Å². The van der Waals surface area contributed by atoms with Gasteiger partial charge in [-0.2, -0.15) is 0 Å². The number of ether oxygens (including phenoxy) is 1. The van der Waals surface area contributed by atoms with Crippen molar-refractivity contribution in [1.82, 2.24) is 14.9 Å². The fraction of sp³-hybridized carbons (Fsp3) is 0.400. The zero-order valence-electron chi connectivity index (χ0n) is 15.1. The fourth-order valence-corrected chi connectivity index (χ4v) is 4.11. The molecular formula is C20H24N4OS. The van der Waals surface area contributed by atoms with Gasteiger partial charge in [-0.1, -0.05) is 30.3 Å². The van der Waals surface area contributed by atoms with Crippen LogP contribution in [0, 0.1) is 6.92 Å². The van der Waals surface area contributed by atoms with Gasteiger partial charge in [0.15, 0.2) is 5.82 Å². The maximum atomic E-state index is 5.41. The monoisotopic (exact) mass is 368 g/mol. The molecule has 3 heterocycles. The molecule has 1 N–H and O–H groups in total. The molecule has 0 unspecified atom stereocenters. The smallest absolute Gasteiger partial charge is 0.163 e. The van der Waals surface area contributed by atoms with Crippen LogP contribution in [-0.2, 0) is 4.74 Å². The second-order valence-electron chi connectivity index (χ2n) is 6.57. The van der Waals surface area contributed by atoms with Crippen LogP contribution in [0.2, 0.25) is 0 Å². The van der Waals surface area contributed by atoms with Crippen molar-refractivity contribution in [2.24, 2.45) is 0 Å². The Morgan fingerprint density at radius 1 is 1.15 bits per heavy atom. The van der Waals surface area contributed by atoms with Crippen molar-refractivity contribution in [3.05, 3.63) is 41.3 Å². The number of benzene rings is 1. The molecule has 0 aliphatic carbocycles. The highest BCUT2D eigenvalue weighted by molar-refractivity contribution is 7.18. The van der Waals surface area contributed by atoms with Gasteiger partial charge in [-0.3, -0.25) is 4.90 Å². The number of aryl methyl sites for hydroxylation is 1. The number of hydrogen-bond acceptors (Lipinski definition) is 6. The largest absolute Gasteiger partial charge is 0.379 e. The number of fused-ring (bicyclic) bond motifs is 1. The molecule has 136 valence electrons. The predicted octanol–water partition coefficient (Wildman–Crippen LogP) is 3.80. The first-order chi connectivity index (χ1) is 12.8. The van der Waals surface area contributed by atoms with Gasteiger partial charge in [0.2, 0.25) is 0 Å². The Kier molecular flexibility index (Phi) is 5.43. The van der Waals surface area contributed by atoms with Crippen LogP contribution >= 0.6 is 11.3 Å². The van der Waals surface area contributed by atoms with Crippen LogP contribution in [0.4, 0.5) is 5.82 Å². The maximum absolute atomic E-state index is 5.41. The van der Waals surface area contributed by atoms with Gasteiger partial charge >= 0.3 is 0 Å². The zero-order valence-corrected chi connectivity index (χ0v) is 15.9. The summed E-state index contributed by atoms with van der Waals surface area (Å²) in [6, 6.07) is 12.4. The van der Waals surface area contributed by atoms with E-state index in [1.807, 2.05) is 18.2 Å². The molecule has 4 rings (SSSR count).